The van der Waals surface area contributed by atoms with E-state index in [0.29, 0.717) is 27.9 Å². The van der Waals surface area contributed by atoms with E-state index >= 15 is 0 Å². The topological polar surface area (TPSA) is 21.7 Å². The zero-order valence-electron chi connectivity index (χ0n) is 18.5. The summed E-state index contributed by atoms with van der Waals surface area (Å²) in [5.41, 5.74) is 1.90. The minimum atomic E-state index is -2.17. The Morgan fingerprint density at radius 2 is 1.57 bits per heavy atom. The molecule has 0 bridgehead atoms. The fraction of sp³-hybridized carbons (Fsp3) is 0.652. The van der Waals surface area contributed by atoms with Crippen LogP contribution in [0.3, 0.4) is 0 Å². The fourth-order valence-electron chi connectivity index (χ4n) is 4.45. The van der Waals surface area contributed by atoms with Crippen LogP contribution in [0.2, 0.25) is 16.6 Å². The smallest absolute Gasteiger partial charge is 0.258 e. The highest BCUT2D eigenvalue weighted by Gasteiger charge is 2.47. The molecule has 0 amide bonds. The average Bonchev–Trinajstić information content (AvgIpc) is 2.65. The van der Waals surface area contributed by atoms with Crippen LogP contribution in [0.15, 0.2) is 18.2 Å². The molecular weight excluding hydrogens is 369 g/mol. The van der Waals surface area contributed by atoms with Crippen molar-refractivity contribution >= 4 is 8.32 Å². The summed E-state index contributed by atoms with van der Waals surface area (Å²) in [4.78, 5) is 2.29. The van der Waals surface area contributed by atoms with Gasteiger partial charge in [0, 0.05) is 18.7 Å². The molecule has 0 aromatic heterocycles. The second kappa shape index (κ2) is 9.91. The predicted molar refractivity (Wildman–Crippen MR) is 117 cm³/mol. The van der Waals surface area contributed by atoms with Crippen molar-refractivity contribution < 1.29 is 13.6 Å². The molecule has 1 heterocycles. The van der Waals surface area contributed by atoms with Crippen LogP contribution in [0.25, 0.3) is 0 Å². The third-order valence-electron chi connectivity index (χ3n) is 5.94. The Labute approximate surface area is 171 Å². The Kier molecular flexibility index (Phi) is 8.12. The van der Waals surface area contributed by atoms with Gasteiger partial charge in [-0.05, 0) is 41.7 Å². The van der Waals surface area contributed by atoms with Crippen LogP contribution < -0.4 is 4.43 Å². The van der Waals surface area contributed by atoms with E-state index in [9.17, 15) is 4.39 Å². The van der Waals surface area contributed by atoms with Crippen LogP contribution in [-0.2, 0) is 4.74 Å². The normalized spacial score (nSPS) is 17.0. The highest BCUT2D eigenvalue weighted by molar-refractivity contribution is 6.78. The molecule has 0 aliphatic carbocycles. The molecule has 1 atom stereocenters. The van der Waals surface area contributed by atoms with Crippen molar-refractivity contribution in [2.24, 2.45) is 0 Å². The van der Waals surface area contributed by atoms with Crippen LogP contribution in [0.5, 0.6) is 5.75 Å². The van der Waals surface area contributed by atoms with Gasteiger partial charge in [-0.2, -0.15) is 0 Å². The summed E-state index contributed by atoms with van der Waals surface area (Å²) < 4.78 is 26.7. The van der Waals surface area contributed by atoms with Gasteiger partial charge in [-0.3, -0.25) is 4.90 Å². The lowest BCUT2D eigenvalue weighted by molar-refractivity contribution is 0.0302. The minimum absolute atomic E-state index is 0.130. The maximum absolute atomic E-state index is 14.9. The number of morpholine rings is 1. The van der Waals surface area contributed by atoms with Crippen molar-refractivity contribution in [2.45, 2.75) is 71.1 Å². The molecule has 1 aromatic rings. The second-order valence-corrected chi connectivity index (χ2v) is 14.0. The van der Waals surface area contributed by atoms with E-state index in [-0.39, 0.29) is 11.9 Å². The molecule has 1 unspecified atom stereocenters. The SMILES string of the molecule is CC(C#Cc1ccc(O[Si](C(C)C)(C(C)C)C(C)C)c(F)c1)N1CCOCC1. The maximum atomic E-state index is 14.9. The van der Waals surface area contributed by atoms with Gasteiger partial charge in [-0.1, -0.05) is 53.4 Å². The quantitative estimate of drug-likeness (QED) is 0.464. The molecule has 5 heteroatoms. The van der Waals surface area contributed by atoms with E-state index in [4.69, 9.17) is 9.16 Å². The molecule has 28 heavy (non-hydrogen) atoms. The summed E-state index contributed by atoms with van der Waals surface area (Å²) in [6, 6.07) is 5.27. The molecular formula is C23H36FNO2Si. The van der Waals surface area contributed by atoms with Gasteiger partial charge in [-0.15, -0.1) is 0 Å². The first-order valence-corrected chi connectivity index (χ1v) is 12.6. The summed E-state index contributed by atoms with van der Waals surface area (Å²) in [7, 11) is -2.17. The monoisotopic (exact) mass is 405 g/mol. The van der Waals surface area contributed by atoms with E-state index in [1.54, 1.807) is 6.07 Å². The van der Waals surface area contributed by atoms with Crippen LogP contribution in [0.4, 0.5) is 4.39 Å². The molecule has 1 fully saturated rings. The van der Waals surface area contributed by atoms with E-state index in [2.05, 4.69) is 65.2 Å². The first-order valence-electron chi connectivity index (χ1n) is 10.5. The van der Waals surface area contributed by atoms with Gasteiger partial charge in [0.2, 0.25) is 0 Å². The van der Waals surface area contributed by atoms with Crippen LogP contribution in [-0.4, -0.2) is 45.6 Å². The molecule has 1 saturated heterocycles. The van der Waals surface area contributed by atoms with E-state index in [1.807, 2.05) is 6.07 Å². The molecule has 0 radical (unpaired) electrons. The lowest BCUT2D eigenvalue weighted by atomic mass is 10.2. The number of hydrogen-bond donors (Lipinski definition) is 0. The highest BCUT2D eigenvalue weighted by atomic mass is 28.4. The van der Waals surface area contributed by atoms with Crippen molar-refractivity contribution in [3.8, 4) is 17.6 Å². The van der Waals surface area contributed by atoms with Gasteiger partial charge in [-0.25, -0.2) is 4.39 Å². The van der Waals surface area contributed by atoms with E-state index in [0.717, 1.165) is 26.3 Å². The van der Waals surface area contributed by atoms with Crippen molar-refractivity contribution in [1.82, 2.24) is 4.90 Å². The first kappa shape index (κ1) is 22.9. The molecule has 1 aliphatic heterocycles. The third kappa shape index (κ3) is 5.17. The van der Waals surface area contributed by atoms with Crippen LogP contribution in [0.1, 0.15) is 54.0 Å². The van der Waals surface area contributed by atoms with Crippen molar-refractivity contribution in [2.75, 3.05) is 26.3 Å². The Balaban J connectivity index is 2.19. The number of ether oxygens (including phenoxy) is 1. The largest absolute Gasteiger partial charge is 0.541 e. The van der Waals surface area contributed by atoms with Gasteiger partial charge in [0.15, 0.2) is 5.82 Å². The number of rotatable bonds is 6. The molecule has 3 nitrogen and oxygen atoms in total. The Morgan fingerprint density at radius 3 is 2.07 bits per heavy atom. The standard InChI is InChI=1S/C23H36FNO2Si/c1-17(2)28(18(3)4,19(5)6)27-23-11-10-21(16-22(23)24)9-8-20(7)25-12-14-26-15-13-25/h10-11,16-20H,12-15H2,1-7H3. The molecule has 1 aromatic carbocycles. The molecule has 2 rings (SSSR count). The first-order chi connectivity index (χ1) is 13.2. The maximum Gasteiger partial charge on any atom is 0.258 e. The summed E-state index contributed by atoms with van der Waals surface area (Å²) >= 11 is 0. The van der Waals surface area contributed by atoms with Gasteiger partial charge in [0.05, 0.1) is 19.3 Å². The number of halogens is 1. The van der Waals surface area contributed by atoms with Crippen molar-refractivity contribution in [1.29, 1.82) is 0 Å². The zero-order valence-corrected chi connectivity index (χ0v) is 19.5. The molecule has 0 saturated carbocycles. The molecule has 0 N–H and O–H groups in total. The Hall–Kier alpha value is -1.35. The van der Waals surface area contributed by atoms with Crippen molar-refractivity contribution in [3.63, 3.8) is 0 Å². The molecule has 0 spiro atoms. The number of nitrogens with zero attached hydrogens (tertiary/aromatic N) is 1. The van der Waals surface area contributed by atoms with Crippen molar-refractivity contribution in [3.05, 3.63) is 29.6 Å². The number of hydrogen-bond acceptors (Lipinski definition) is 3. The van der Waals surface area contributed by atoms with Gasteiger partial charge in [0.25, 0.3) is 8.32 Å². The summed E-state index contributed by atoms with van der Waals surface area (Å²) in [6.45, 7) is 18.6. The molecule has 1 aliphatic rings. The van der Waals surface area contributed by atoms with Crippen LogP contribution in [0, 0.1) is 17.7 Å². The lowest BCUT2D eigenvalue weighted by Crippen LogP contribution is -2.50. The predicted octanol–water partition coefficient (Wildman–Crippen LogP) is 5.45. The summed E-state index contributed by atoms with van der Waals surface area (Å²) in [6.07, 6.45) is 0. The van der Waals surface area contributed by atoms with Crippen LogP contribution >= 0.6 is 0 Å². The fourth-order valence-corrected chi connectivity index (χ4v) is 9.70. The number of benzene rings is 1. The highest BCUT2D eigenvalue weighted by Crippen LogP contribution is 2.43. The second-order valence-electron chi connectivity index (χ2n) is 8.66. The zero-order chi connectivity index (χ0) is 20.9. The van der Waals surface area contributed by atoms with Gasteiger partial charge in [0.1, 0.15) is 5.75 Å². The Bertz CT molecular complexity index is 681. The van der Waals surface area contributed by atoms with E-state index in [1.165, 1.54) is 6.07 Å². The third-order valence-corrected chi connectivity index (χ3v) is 11.9. The Morgan fingerprint density at radius 1 is 1.00 bits per heavy atom. The van der Waals surface area contributed by atoms with E-state index < -0.39 is 8.32 Å². The minimum Gasteiger partial charge on any atom is -0.541 e. The summed E-state index contributed by atoms with van der Waals surface area (Å²) in [5.74, 6) is 6.42. The average molecular weight is 406 g/mol. The van der Waals surface area contributed by atoms with Gasteiger partial charge < -0.3 is 9.16 Å². The summed E-state index contributed by atoms with van der Waals surface area (Å²) in [5, 5.41) is 0. The van der Waals surface area contributed by atoms with Gasteiger partial charge >= 0.3 is 0 Å². The molecule has 156 valence electrons. The lowest BCUT2D eigenvalue weighted by Gasteiger charge is -2.42.